The first-order valence-corrected chi connectivity index (χ1v) is 5.22. The van der Waals surface area contributed by atoms with Gasteiger partial charge in [-0.2, -0.15) is 11.8 Å². The second-order valence-electron chi connectivity index (χ2n) is 3.02. The molecule has 2 nitrogen and oxygen atoms in total. The summed E-state index contributed by atoms with van der Waals surface area (Å²) in [4.78, 5) is 0. The van der Waals surface area contributed by atoms with Gasteiger partial charge in [0.2, 0.25) is 0 Å². The molecule has 68 valence electrons. The van der Waals surface area contributed by atoms with Crippen LogP contribution in [0.1, 0.15) is 18.2 Å². The van der Waals surface area contributed by atoms with Crippen molar-refractivity contribution in [2.45, 2.75) is 25.6 Å². The normalized spacial score (nSPS) is 13.2. The van der Waals surface area contributed by atoms with E-state index in [-0.39, 0.29) is 6.04 Å². The highest BCUT2D eigenvalue weighted by molar-refractivity contribution is 7.98. The Bertz CT molecular complexity index is 232. The van der Waals surface area contributed by atoms with Gasteiger partial charge in [-0.15, -0.1) is 0 Å². The van der Waals surface area contributed by atoms with Crippen molar-refractivity contribution in [2.24, 2.45) is 5.73 Å². The Balaban J connectivity index is 2.29. The summed E-state index contributed by atoms with van der Waals surface area (Å²) < 4.78 is 5.28. The predicted molar refractivity (Wildman–Crippen MR) is 53.3 cm³/mol. The summed E-state index contributed by atoms with van der Waals surface area (Å²) in [7, 11) is 0. The van der Waals surface area contributed by atoms with Gasteiger partial charge in [0.05, 0.1) is 12.0 Å². The van der Waals surface area contributed by atoms with Crippen LogP contribution in [-0.4, -0.2) is 11.8 Å². The Hall–Kier alpha value is -0.410. The minimum absolute atomic E-state index is 0.269. The van der Waals surface area contributed by atoms with Crippen molar-refractivity contribution in [3.63, 3.8) is 0 Å². The molecule has 0 fully saturated rings. The summed E-state index contributed by atoms with van der Waals surface area (Å²) in [6.07, 6.45) is 1.73. The fourth-order valence-electron chi connectivity index (χ4n) is 0.889. The molecule has 0 bridgehead atoms. The molecule has 0 amide bonds. The third kappa shape index (κ3) is 2.91. The maximum absolute atomic E-state index is 5.62. The molecule has 1 rings (SSSR count). The fraction of sp³-hybridized carbons (Fsp3) is 0.556. The molecule has 3 heteroatoms. The standard InChI is InChI=1S/C9H15NOS/c1-7-3-4-11-9(7)6-12-5-8(2)10/h3-4,8H,5-6,10H2,1-2H3/t8-/m0/s1. The number of thioether (sulfide) groups is 1. The van der Waals surface area contributed by atoms with Crippen LogP contribution in [0.4, 0.5) is 0 Å². The minimum atomic E-state index is 0.269. The van der Waals surface area contributed by atoms with Gasteiger partial charge in [0, 0.05) is 11.8 Å². The van der Waals surface area contributed by atoms with Crippen LogP contribution in [0.25, 0.3) is 0 Å². The Labute approximate surface area is 77.5 Å². The van der Waals surface area contributed by atoms with Crippen LogP contribution in [0.15, 0.2) is 16.7 Å². The van der Waals surface area contributed by atoms with Gasteiger partial charge in [0.1, 0.15) is 5.76 Å². The lowest BCUT2D eigenvalue weighted by atomic mass is 10.3. The summed E-state index contributed by atoms with van der Waals surface area (Å²) in [5.41, 5.74) is 6.85. The zero-order chi connectivity index (χ0) is 8.97. The zero-order valence-electron chi connectivity index (χ0n) is 7.54. The number of rotatable bonds is 4. The van der Waals surface area contributed by atoms with E-state index in [1.807, 2.05) is 24.8 Å². The summed E-state index contributed by atoms with van der Waals surface area (Å²) >= 11 is 1.81. The maximum atomic E-state index is 5.62. The molecular weight excluding hydrogens is 170 g/mol. The van der Waals surface area contributed by atoms with Crippen LogP contribution < -0.4 is 5.73 Å². The average Bonchev–Trinajstić information content (AvgIpc) is 2.36. The van der Waals surface area contributed by atoms with Crippen LogP contribution in [0.5, 0.6) is 0 Å². The Morgan fingerprint density at radius 2 is 2.42 bits per heavy atom. The largest absolute Gasteiger partial charge is 0.468 e. The highest BCUT2D eigenvalue weighted by Crippen LogP contribution is 2.16. The second kappa shape index (κ2) is 4.58. The molecule has 0 saturated carbocycles. The molecule has 12 heavy (non-hydrogen) atoms. The Morgan fingerprint density at radius 3 is 2.92 bits per heavy atom. The number of hydrogen-bond acceptors (Lipinski definition) is 3. The molecule has 0 aliphatic carbocycles. The van der Waals surface area contributed by atoms with E-state index in [2.05, 4.69) is 6.92 Å². The van der Waals surface area contributed by atoms with Gasteiger partial charge >= 0.3 is 0 Å². The molecule has 1 aromatic heterocycles. The van der Waals surface area contributed by atoms with Crippen molar-refractivity contribution in [1.82, 2.24) is 0 Å². The number of furan rings is 1. The minimum Gasteiger partial charge on any atom is -0.468 e. The first-order chi connectivity index (χ1) is 5.70. The molecule has 0 aliphatic heterocycles. The van der Waals surface area contributed by atoms with E-state index in [1.54, 1.807) is 6.26 Å². The highest BCUT2D eigenvalue weighted by atomic mass is 32.2. The molecule has 1 atom stereocenters. The molecule has 2 N–H and O–H groups in total. The molecule has 0 unspecified atom stereocenters. The van der Waals surface area contributed by atoms with Gasteiger partial charge < -0.3 is 10.2 Å². The van der Waals surface area contributed by atoms with E-state index in [4.69, 9.17) is 10.2 Å². The van der Waals surface area contributed by atoms with Crippen LogP contribution in [-0.2, 0) is 5.75 Å². The summed E-state index contributed by atoms with van der Waals surface area (Å²) in [6.45, 7) is 4.08. The van der Waals surface area contributed by atoms with Gasteiger partial charge in [-0.3, -0.25) is 0 Å². The third-order valence-corrected chi connectivity index (χ3v) is 2.81. The van der Waals surface area contributed by atoms with E-state index in [9.17, 15) is 0 Å². The van der Waals surface area contributed by atoms with Crippen molar-refractivity contribution in [1.29, 1.82) is 0 Å². The molecule has 0 saturated heterocycles. The van der Waals surface area contributed by atoms with E-state index >= 15 is 0 Å². The van der Waals surface area contributed by atoms with Crippen molar-refractivity contribution in [3.05, 3.63) is 23.7 Å². The molecule has 0 spiro atoms. The number of hydrogen-bond donors (Lipinski definition) is 1. The lowest BCUT2D eigenvalue weighted by Crippen LogP contribution is -2.17. The van der Waals surface area contributed by atoms with E-state index < -0.39 is 0 Å². The van der Waals surface area contributed by atoms with Gasteiger partial charge in [0.25, 0.3) is 0 Å². The lowest BCUT2D eigenvalue weighted by Gasteiger charge is -2.02. The summed E-state index contributed by atoms with van der Waals surface area (Å²) in [5.74, 6) is 2.99. The fourth-order valence-corrected chi connectivity index (χ4v) is 1.86. The topological polar surface area (TPSA) is 39.2 Å². The van der Waals surface area contributed by atoms with Crippen molar-refractivity contribution in [2.75, 3.05) is 5.75 Å². The smallest absolute Gasteiger partial charge is 0.116 e. The molecule has 0 aromatic carbocycles. The predicted octanol–water partition coefficient (Wildman–Crippen LogP) is 2.17. The first kappa shape index (κ1) is 9.68. The Kier molecular flexibility index (Phi) is 3.69. The Morgan fingerprint density at radius 1 is 1.67 bits per heavy atom. The first-order valence-electron chi connectivity index (χ1n) is 4.06. The summed E-state index contributed by atoms with van der Waals surface area (Å²) in [5, 5.41) is 0. The summed E-state index contributed by atoms with van der Waals surface area (Å²) in [6, 6.07) is 2.26. The average molecular weight is 185 g/mol. The lowest BCUT2D eigenvalue weighted by molar-refractivity contribution is 0.528. The number of aryl methyl sites for hydroxylation is 1. The van der Waals surface area contributed by atoms with Crippen LogP contribution in [0.2, 0.25) is 0 Å². The zero-order valence-corrected chi connectivity index (χ0v) is 8.36. The molecule has 1 aromatic rings. The monoisotopic (exact) mass is 185 g/mol. The van der Waals surface area contributed by atoms with E-state index in [0.717, 1.165) is 17.3 Å². The number of nitrogens with two attached hydrogens (primary N) is 1. The van der Waals surface area contributed by atoms with Crippen LogP contribution >= 0.6 is 11.8 Å². The van der Waals surface area contributed by atoms with Gasteiger partial charge in [0.15, 0.2) is 0 Å². The quantitative estimate of drug-likeness (QED) is 0.781. The molecule has 1 heterocycles. The molecular formula is C9H15NOS. The second-order valence-corrected chi connectivity index (χ2v) is 4.05. The van der Waals surface area contributed by atoms with Crippen molar-refractivity contribution < 1.29 is 4.42 Å². The van der Waals surface area contributed by atoms with E-state index in [1.165, 1.54) is 5.56 Å². The van der Waals surface area contributed by atoms with Gasteiger partial charge in [-0.25, -0.2) is 0 Å². The van der Waals surface area contributed by atoms with Crippen LogP contribution in [0, 0.1) is 6.92 Å². The van der Waals surface area contributed by atoms with Crippen molar-refractivity contribution >= 4 is 11.8 Å². The van der Waals surface area contributed by atoms with Gasteiger partial charge in [-0.05, 0) is 25.5 Å². The van der Waals surface area contributed by atoms with Crippen LogP contribution in [0.3, 0.4) is 0 Å². The maximum Gasteiger partial charge on any atom is 0.116 e. The third-order valence-electron chi connectivity index (χ3n) is 1.58. The van der Waals surface area contributed by atoms with Crippen molar-refractivity contribution in [3.8, 4) is 0 Å². The molecule has 0 aliphatic rings. The molecule has 0 radical (unpaired) electrons. The highest BCUT2D eigenvalue weighted by Gasteiger charge is 2.02. The van der Waals surface area contributed by atoms with E-state index in [0.29, 0.717) is 0 Å². The van der Waals surface area contributed by atoms with Gasteiger partial charge in [-0.1, -0.05) is 0 Å². The SMILES string of the molecule is Cc1ccoc1CSC[C@H](C)N.